The average Bonchev–Trinajstić information content (AvgIpc) is 3.21. The molecule has 0 atom stereocenters. The normalized spacial score (nSPS) is 10.5. The van der Waals surface area contributed by atoms with Crippen LogP contribution in [0.1, 0.15) is 22.7 Å². The lowest BCUT2D eigenvalue weighted by molar-refractivity contribution is -0.115. The van der Waals surface area contributed by atoms with E-state index in [0.29, 0.717) is 28.1 Å². The molecule has 9 heteroatoms. The van der Waals surface area contributed by atoms with Crippen LogP contribution in [-0.2, 0) is 4.79 Å². The second kappa shape index (κ2) is 8.12. The molecule has 7 nitrogen and oxygen atoms in total. The third kappa shape index (κ3) is 4.28. The Morgan fingerprint density at radius 3 is 2.88 bits per heavy atom. The van der Waals surface area contributed by atoms with Crippen LogP contribution < -0.4 is 5.32 Å². The van der Waals surface area contributed by atoms with Crippen molar-refractivity contribution >= 4 is 34.7 Å². The summed E-state index contributed by atoms with van der Waals surface area (Å²) >= 11 is 2.82. The summed E-state index contributed by atoms with van der Waals surface area (Å²) < 4.78 is 5.64. The van der Waals surface area contributed by atoms with Crippen molar-refractivity contribution in [1.29, 1.82) is 5.26 Å². The number of hydrogen-bond acceptors (Lipinski definition) is 8. The molecular formula is C17H15N5O2S2. The van der Waals surface area contributed by atoms with Crippen LogP contribution in [0.15, 0.2) is 33.9 Å². The van der Waals surface area contributed by atoms with Crippen LogP contribution in [0.2, 0.25) is 0 Å². The number of nitriles is 1. The van der Waals surface area contributed by atoms with Gasteiger partial charge in [-0.2, -0.15) is 5.26 Å². The highest BCUT2D eigenvalue weighted by atomic mass is 32.2. The van der Waals surface area contributed by atoms with Gasteiger partial charge in [0.15, 0.2) is 0 Å². The fourth-order valence-corrected chi connectivity index (χ4v) is 3.76. The molecule has 26 heavy (non-hydrogen) atoms. The van der Waals surface area contributed by atoms with E-state index in [-0.39, 0.29) is 12.3 Å². The SMILES string of the molecule is Cc1nc(C)c(-c2nnc(SCCC(=O)Nc3ccccc3C#N)o2)s1. The summed E-state index contributed by atoms with van der Waals surface area (Å²) in [6.07, 6.45) is 0.265. The number of rotatable bonds is 6. The lowest BCUT2D eigenvalue weighted by atomic mass is 10.2. The minimum absolute atomic E-state index is 0.172. The summed E-state index contributed by atoms with van der Waals surface area (Å²) in [5.74, 6) is 0.764. The molecule has 1 N–H and O–H groups in total. The number of benzene rings is 1. The number of anilines is 1. The fraction of sp³-hybridized carbons (Fsp3) is 0.235. The maximum absolute atomic E-state index is 12.0. The largest absolute Gasteiger partial charge is 0.410 e. The van der Waals surface area contributed by atoms with Crippen molar-refractivity contribution in [2.45, 2.75) is 25.5 Å². The summed E-state index contributed by atoms with van der Waals surface area (Å²) in [5.41, 5.74) is 1.81. The molecule has 0 aliphatic heterocycles. The number of amides is 1. The van der Waals surface area contributed by atoms with Gasteiger partial charge < -0.3 is 9.73 Å². The van der Waals surface area contributed by atoms with E-state index in [1.165, 1.54) is 23.1 Å². The quantitative estimate of drug-likeness (QED) is 0.643. The summed E-state index contributed by atoms with van der Waals surface area (Å²) in [4.78, 5) is 17.3. The molecule has 3 rings (SSSR count). The van der Waals surface area contributed by atoms with Crippen LogP contribution in [-0.4, -0.2) is 26.8 Å². The van der Waals surface area contributed by atoms with Gasteiger partial charge in [0.25, 0.3) is 11.1 Å². The predicted octanol–water partition coefficient (Wildman–Crippen LogP) is 3.80. The number of aryl methyl sites for hydroxylation is 2. The number of carbonyl (C=O) groups is 1. The highest BCUT2D eigenvalue weighted by Gasteiger charge is 2.15. The third-order valence-corrected chi connectivity index (χ3v) is 5.26. The minimum atomic E-state index is -0.172. The molecule has 1 amide bonds. The number of nitrogens with zero attached hydrogens (tertiary/aromatic N) is 4. The summed E-state index contributed by atoms with van der Waals surface area (Å²) in [7, 11) is 0. The Kier molecular flexibility index (Phi) is 5.65. The molecule has 132 valence electrons. The number of carbonyl (C=O) groups excluding carboxylic acids is 1. The van der Waals surface area contributed by atoms with E-state index in [1.807, 2.05) is 13.8 Å². The molecule has 3 aromatic rings. The first-order valence-electron chi connectivity index (χ1n) is 7.76. The van der Waals surface area contributed by atoms with E-state index in [4.69, 9.17) is 9.68 Å². The van der Waals surface area contributed by atoms with Crippen LogP contribution in [0.25, 0.3) is 10.8 Å². The number of aromatic nitrogens is 3. The zero-order chi connectivity index (χ0) is 18.5. The molecule has 1 aromatic carbocycles. The smallest absolute Gasteiger partial charge is 0.276 e. The molecule has 0 aliphatic carbocycles. The van der Waals surface area contributed by atoms with Gasteiger partial charge in [-0.05, 0) is 26.0 Å². The first-order valence-corrected chi connectivity index (χ1v) is 9.56. The van der Waals surface area contributed by atoms with E-state index in [2.05, 4.69) is 26.6 Å². The Labute approximate surface area is 158 Å². The number of nitrogens with one attached hydrogen (secondary N) is 1. The van der Waals surface area contributed by atoms with Crippen molar-refractivity contribution in [3.8, 4) is 16.8 Å². The molecule has 0 bridgehead atoms. The summed E-state index contributed by atoms with van der Waals surface area (Å²) in [5, 5.41) is 21.2. The molecule has 0 spiro atoms. The van der Waals surface area contributed by atoms with Crippen LogP contribution in [0.5, 0.6) is 0 Å². The third-order valence-electron chi connectivity index (χ3n) is 3.38. The number of thiazole rings is 1. The lowest BCUT2D eigenvalue weighted by Crippen LogP contribution is -2.13. The maximum Gasteiger partial charge on any atom is 0.276 e. The van der Waals surface area contributed by atoms with Crippen LogP contribution in [0, 0.1) is 25.2 Å². The fourth-order valence-electron chi connectivity index (χ4n) is 2.22. The van der Waals surface area contributed by atoms with E-state index in [0.717, 1.165) is 15.6 Å². The van der Waals surface area contributed by atoms with Crippen molar-refractivity contribution < 1.29 is 9.21 Å². The highest BCUT2D eigenvalue weighted by molar-refractivity contribution is 7.99. The summed E-state index contributed by atoms with van der Waals surface area (Å²) in [6, 6.07) is 8.94. The molecule has 0 unspecified atom stereocenters. The zero-order valence-electron chi connectivity index (χ0n) is 14.1. The van der Waals surface area contributed by atoms with Crippen LogP contribution in [0.4, 0.5) is 5.69 Å². The van der Waals surface area contributed by atoms with Crippen molar-refractivity contribution in [2.75, 3.05) is 11.1 Å². The van der Waals surface area contributed by atoms with Gasteiger partial charge >= 0.3 is 0 Å². The second-order valence-corrected chi connectivity index (χ2v) is 7.57. The molecule has 2 aromatic heterocycles. The molecule has 0 fully saturated rings. The maximum atomic E-state index is 12.0. The molecule has 0 saturated carbocycles. The zero-order valence-corrected chi connectivity index (χ0v) is 15.8. The van der Waals surface area contributed by atoms with Crippen molar-refractivity contribution in [1.82, 2.24) is 15.2 Å². The first-order chi connectivity index (χ1) is 12.6. The number of thioether (sulfide) groups is 1. The summed E-state index contributed by atoms with van der Waals surface area (Å²) in [6.45, 7) is 3.83. The molecule has 0 radical (unpaired) electrons. The van der Waals surface area contributed by atoms with Gasteiger partial charge in [-0.25, -0.2) is 4.98 Å². The van der Waals surface area contributed by atoms with Gasteiger partial charge in [0.05, 0.1) is 22.0 Å². The number of hydrogen-bond donors (Lipinski definition) is 1. The van der Waals surface area contributed by atoms with Gasteiger partial charge in [-0.15, -0.1) is 21.5 Å². The second-order valence-electron chi connectivity index (χ2n) is 5.32. The predicted molar refractivity (Wildman–Crippen MR) is 100 cm³/mol. The Morgan fingerprint density at radius 1 is 1.35 bits per heavy atom. The van der Waals surface area contributed by atoms with Gasteiger partial charge in [-0.3, -0.25) is 4.79 Å². The van der Waals surface area contributed by atoms with E-state index < -0.39 is 0 Å². The van der Waals surface area contributed by atoms with Crippen LogP contribution in [0.3, 0.4) is 0 Å². The highest BCUT2D eigenvalue weighted by Crippen LogP contribution is 2.30. The molecule has 2 heterocycles. The minimum Gasteiger partial charge on any atom is -0.410 e. The molecule has 0 saturated heterocycles. The van der Waals surface area contributed by atoms with Gasteiger partial charge in [0.1, 0.15) is 10.9 Å². The van der Waals surface area contributed by atoms with Crippen molar-refractivity contribution in [2.24, 2.45) is 0 Å². The topological polar surface area (TPSA) is 105 Å². The van der Waals surface area contributed by atoms with Crippen molar-refractivity contribution in [3.05, 3.63) is 40.5 Å². The van der Waals surface area contributed by atoms with E-state index in [1.54, 1.807) is 24.3 Å². The standard InChI is InChI=1S/C17H15N5O2S2/c1-10-15(26-11(2)19-10)16-21-22-17(24-16)25-8-7-14(23)20-13-6-4-3-5-12(13)9-18/h3-6H,7-8H2,1-2H3,(H,20,23). The molecular weight excluding hydrogens is 370 g/mol. The Balaban J connectivity index is 1.53. The van der Waals surface area contributed by atoms with E-state index >= 15 is 0 Å². The van der Waals surface area contributed by atoms with Gasteiger partial charge in [0.2, 0.25) is 5.91 Å². The number of para-hydroxylation sites is 1. The lowest BCUT2D eigenvalue weighted by Gasteiger charge is -2.05. The van der Waals surface area contributed by atoms with Gasteiger partial charge in [0, 0.05) is 12.2 Å². The Morgan fingerprint density at radius 2 is 2.15 bits per heavy atom. The molecule has 0 aliphatic rings. The van der Waals surface area contributed by atoms with E-state index in [9.17, 15) is 4.79 Å². The monoisotopic (exact) mass is 385 g/mol. The van der Waals surface area contributed by atoms with Gasteiger partial charge in [-0.1, -0.05) is 23.9 Å². The first kappa shape index (κ1) is 18.1. The van der Waals surface area contributed by atoms with Crippen LogP contribution >= 0.6 is 23.1 Å². The Hall–Kier alpha value is -2.70. The van der Waals surface area contributed by atoms with Crippen molar-refractivity contribution in [3.63, 3.8) is 0 Å². The Bertz CT molecular complexity index is 974. The average molecular weight is 385 g/mol.